The molecule has 1 atom stereocenters. The van der Waals surface area contributed by atoms with Gasteiger partial charge in [-0.1, -0.05) is 10.9 Å². The van der Waals surface area contributed by atoms with E-state index in [0.29, 0.717) is 37.2 Å². The van der Waals surface area contributed by atoms with Gasteiger partial charge in [-0.2, -0.15) is 0 Å². The number of rotatable bonds is 6. The van der Waals surface area contributed by atoms with Crippen LogP contribution in [0.15, 0.2) is 0 Å². The highest BCUT2D eigenvalue weighted by atomic mass is 19.1. The molecule has 2 aromatic rings. The Morgan fingerprint density at radius 2 is 1.66 bits per heavy atom. The van der Waals surface area contributed by atoms with Crippen LogP contribution in [0.5, 0.6) is 23.0 Å². The molecule has 2 saturated heterocycles. The normalized spacial score (nSPS) is 21.2. The molecule has 0 radical (unpaired) electrons. The lowest BCUT2D eigenvalue weighted by molar-refractivity contribution is -0.167. The van der Waals surface area contributed by atoms with Crippen LogP contribution in [-0.2, 0) is 34.0 Å². The molecule has 0 saturated carbocycles. The average Bonchev–Trinajstić information content (AvgIpc) is 3.30. The van der Waals surface area contributed by atoms with Gasteiger partial charge in [0.2, 0.25) is 11.6 Å². The quantitative estimate of drug-likeness (QED) is 0.0797. The van der Waals surface area contributed by atoms with Crippen molar-refractivity contribution in [1.82, 2.24) is 15.1 Å². The van der Waals surface area contributed by atoms with Crippen molar-refractivity contribution in [3.63, 3.8) is 0 Å². The Bertz CT molecular complexity index is 1480. The number of fused-ring (bicyclic) bond motifs is 1. The number of aromatic hydroxyl groups is 4. The fraction of sp³-hybridized carbons (Fsp3) is 0.400. The summed E-state index contributed by atoms with van der Waals surface area (Å²) in [5.74, 6) is -6.42. The number of carbonyl (C=O) groups excluding carboxylic acids is 3. The van der Waals surface area contributed by atoms with Gasteiger partial charge in [0.05, 0.1) is 36.4 Å². The van der Waals surface area contributed by atoms with Crippen LogP contribution in [0.4, 0.5) is 10.1 Å². The number of ether oxygens (including phenoxy) is 1. The van der Waals surface area contributed by atoms with Gasteiger partial charge in [0.1, 0.15) is 27.2 Å². The molecule has 41 heavy (non-hydrogen) atoms. The number of phenolic OH excluding ortho intramolecular Hbond substituents is 4. The summed E-state index contributed by atoms with van der Waals surface area (Å²) >= 11 is 0. The zero-order chi connectivity index (χ0) is 29.8. The maximum absolute atomic E-state index is 15.1. The Labute approximate surface area is 235 Å². The molecule has 3 amide bonds. The summed E-state index contributed by atoms with van der Waals surface area (Å²) in [6, 6.07) is 0. The van der Waals surface area contributed by atoms with Gasteiger partial charge in [-0.15, -0.1) is 0 Å². The molecule has 0 aromatic heterocycles. The third-order valence-corrected chi connectivity index (χ3v) is 8.15. The second-order valence-electron chi connectivity index (χ2n) is 10.5. The second-order valence-corrected chi connectivity index (χ2v) is 10.5. The third-order valence-electron chi connectivity index (χ3n) is 8.15. The number of aliphatic hydroxyl groups is 1. The van der Waals surface area contributed by atoms with Gasteiger partial charge in [0.15, 0.2) is 17.3 Å². The standard InChI is InChI=1S/C25H29B2FN4O9/c26-15-16(27)21(36)14-11(9-32(23(14)38)25(40)2-1-13(33)30-24(25)39)18(15)29-7-10-17(28)22(37)20(35)12(19(10)34)8-31-3-5-41-6-4-31/h29,34-37,40H,1-9,26-27H2,(H,30,33,39). The van der Waals surface area contributed by atoms with Crippen LogP contribution in [0.25, 0.3) is 0 Å². The molecule has 2 aromatic carbocycles. The lowest BCUT2D eigenvalue weighted by atomic mass is 9.76. The average molecular weight is 570 g/mol. The summed E-state index contributed by atoms with van der Waals surface area (Å²) in [6.07, 6.45) is -0.538. The fourth-order valence-corrected chi connectivity index (χ4v) is 5.55. The second kappa shape index (κ2) is 10.4. The van der Waals surface area contributed by atoms with Crippen molar-refractivity contribution >= 4 is 50.0 Å². The van der Waals surface area contributed by atoms with Crippen molar-refractivity contribution in [2.24, 2.45) is 0 Å². The molecule has 3 heterocycles. The van der Waals surface area contributed by atoms with Gasteiger partial charge in [-0.05, 0) is 0 Å². The van der Waals surface area contributed by atoms with E-state index in [-0.39, 0.29) is 59.6 Å². The van der Waals surface area contributed by atoms with Crippen LogP contribution in [0, 0.1) is 5.82 Å². The molecule has 5 rings (SSSR count). The number of benzene rings is 2. The van der Waals surface area contributed by atoms with Crippen molar-refractivity contribution in [1.29, 1.82) is 0 Å². The van der Waals surface area contributed by atoms with Crippen molar-refractivity contribution in [3.05, 3.63) is 28.1 Å². The minimum absolute atomic E-state index is 0.0290. The lowest BCUT2D eigenvalue weighted by Crippen LogP contribution is -2.63. The topological polar surface area (TPSA) is 192 Å². The highest BCUT2D eigenvalue weighted by Crippen LogP contribution is 2.43. The van der Waals surface area contributed by atoms with Gasteiger partial charge in [0, 0.05) is 50.3 Å². The maximum atomic E-state index is 15.1. The summed E-state index contributed by atoms with van der Waals surface area (Å²) in [4.78, 5) is 40.3. The number of piperidine rings is 1. The molecule has 1 unspecified atom stereocenters. The number of imide groups is 1. The Balaban J connectivity index is 1.50. The minimum Gasteiger partial charge on any atom is -0.508 e. The van der Waals surface area contributed by atoms with Crippen LogP contribution >= 0.6 is 0 Å². The smallest absolute Gasteiger partial charge is 0.279 e. The summed E-state index contributed by atoms with van der Waals surface area (Å²) in [5.41, 5.74) is -1.63. The number of halogens is 1. The van der Waals surface area contributed by atoms with Crippen molar-refractivity contribution in [3.8, 4) is 23.0 Å². The predicted molar refractivity (Wildman–Crippen MR) is 146 cm³/mol. The van der Waals surface area contributed by atoms with Crippen molar-refractivity contribution in [2.45, 2.75) is 38.2 Å². The van der Waals surface area contributed by atoms with E-state index in [1.807, 2.05) is 10.2 Å². The van der Waals surface area contributed by atoms with E-state index in [4.69, 9.17) is 4.74 Å². The zero-order valence-electron chi connectivity index (χ0n) is 22.5. The maximum Gasteiger partial charge on any atom is 0.279 e. The first-order chi connectivity index (χ1) is 19.4. The van der Waals surface area contributed by atoms with Crippen LogP contribution in [0.1, 0.15) is 39.9 Å². The fourth-order valence-electron chi connectivity index (χ4n) is 5.55. The van der Waals surface area contributed by atoms with E-state index in [1.54, 1.807) is 15.7 Å². The number of nitrogens with one attached hydrogen (secondary N) is 2. The van der Waals surface area contributed by atoms with E-state index in [0.717, 1.165) is 4.90 Å². The highest BCUT2D eigenvalue weighted by Gasteiger charge is 2.52. The van der Waals surface area contributed by atoms with E-state index < -0.39 is 53.1 Å². The molecule has 2 fully saturated rings. The summed E-state index contributed by atoms with van der Waals surface area (Å²) in [7, 11) is 3.19. The molecule has 0 aliphatic carbocycles. The first-order valence-electron chi connectivity index (χ1n) is 13.1. The first kappa shape index (κ1) is 28.5. The first-order valence-corrected chi connectivity index (χ1v) is 13.1. The number of carbonyl (C=O) groups is 3. The van der Waals surface area contributed by atoms with E-state index in [9.17, 15) is 39.9 Å². The summed E-state index contributed by atoms with van der Waals surface area (Å²) in [5, 5.41) is 58.7. The highest BCUT2D eigenvalue weighted by molar-refractivity contribution is 6.52. The Morgan fingerprint density at radius 3 is 2.32 bits per heavy atom. The number of nitrogens with zero attached hydrogens (tertiary/aromatic N) is 2. The molecule has 3 aliphatic rings. The number of hydrogen-bond donors (Lipinski definition) is 7. The number of hydrogen-bond acceptors (Lipinski definition) is 11. The molecule has 13 nitrogen and oxygen atoms in total. The van der Waals surface area contributed by atoms with Crippen molar-refractivity contribution < 1.29 is 49.0 Å². The molecule has 16 heteroatoms. The Hall–Kier alpha value is -4.01. The molecule has 216 valence electrons. The molecule has 0 spiro atoms. The van der Waals surface area contributed by atoms with E-state index in [1.165, 1.54) is 0 Å². The Kier molecular flexibility index (Phi) is 7.26. The van der Waals surface area contributed by atoms with E-state index >= 15 is 4.39 Å². The molecule has 3 aliphatic heterocycles. The zero-order valence-corrected chi connectivity index (χ0v) is 22.5. The number of morpholine rings is 1. The number of phenols is 4. The minimum atomic E-state index is -2.34. The lowest BCUT2D eigenvalue weighted by Gasteiger charge is -2.37. The Morgan fingerprint density at radius 1 is 0.976 bits per heavy atom. The summed E-state index contributed by atoms with van der Waals surface area (Å²) in [6.45, 7) is 1.21. The van der Waals surface area contributed by atoms with Gasteiger partial charge < -0.3 is 35.6 Å². The number of amides is 3. The summed E-state index contributed by atoms with van der Waals surface area (Å²) < 4.78 is 20.4. The molecular weight excluding hydrogens is 541 g/mol. The number of anilines is 1. The van der Waals surface area contributed by atoms with Gasteiger partial charge in [-0.3, -0.25) is 29.5 Å². The SMILES string of the molecule is Bc1c(B)c(NCc2c(O)c(CN3CCOCC3)c(O)c(O)c2F)c2c(c1O)C(=O)N(C1(O)CCC(=O)NC1=O)C2. The monoisotopic (exact) mass is 570 g/mol. The van der Waals surface area contributed by atoms with Crippen LogP contribution in [-0.4, -0.2) is 101 Å². The van der Waals surface area contributed by atoms with Crippen molar-refractivity contribution in [2.75, 3.05) is 31.6 Å². The predicted octanol–water partition coefficient (Wildman–Crippen LogP) is -3.31. The molecule has 7 N–H and O–H groups in total. The third kappa shape index (κ3) is 4.61. The van der Waals surface area contributed by atoms with Gasteiger partial charge in [-0.25, -0.2) is 4.39 Å². The van der Waals surface area contributed by atoms with Gasteiger partial charge >= 0.3 is 0 Å². The molecule has 0 bridgehead atoms. The van der Waals surface area contributed by atoms with E-state index in [2.05, 4.69) is 5.32 Å². The molecular formula is C25H29B2FN4O9. The van der Waals surface area contributed by atoms with Crippen LogP contribution in [0.3, 0.4) is 0 Å². The van der Waals surface area contributed by atoms with Crippen LogP contribution < -0.4 is 21.6 Å². The largest absolute Gasteiger partial charge is 0.508 e. The van der Waals surface area contributed by atoms with Gasteiger partial charge in [0.25, 0.3) is 11.8 Å². The van der Waals surface area contributed by atoms with Crippen LogP contribution in [0.2, 0.25) is 0 Å².